The number of likely N-dealkylation sites (tertiary alicyclic amines) is 1. The first-order chi connectivity index (χ1) is 12.0. The third kappa shape index (κ3) is 3.61. The fourth-order valence-corrected chi connectivity index (χ4v) is 3.41. The molecule has 1 amide bonds. The van der Waals surface area contributed by atoms with E-state index in [0.717, 1.165) is 12.8 Å². The van der Waals surface area contributed by atoms with Gasteiger partial charge in [-0.15, -0.1) is 0 Å². The van der Waals surface area contributed by atoms with Gasteiger partial charge in [-0.1, -0.05) is 18.2 Å². The van der Waals surface area contributed by atoms with Crippen LogP contribution in [0.5, 0.6) is 5.75 Å². The van der Waals surface area contributed by atoms with Gasteiger partial charge in [0.2, 0.25) is 5.91 Å². The molecule has 25 heavy (non-hydrogen) atoms. The van der Waals surface area contributed by atoms with Crippen LogP contribution in [0.4, 0.5) is 0 Å². The standard InChI is InChI=1S/C19H19ClN2O3/c1-2-18(24)21-8-6-14(7-9-21)22-10-5-13(11-19(22)25)16-12-15(23)3-4-17(16)20/h2-5,10-12,14,23H,1,6-9H2. The van der Waals surface area contributed by atoms with E-state index in [1.54, 1.807) is 27.8 Å². The van der Waals surface area contributed by atoms with Crippen molar-refractivity contribution >= 4 is 17.5 Å². The van der Waals surface area contributed by atoms with Crippen LogP contribution in [-0.2, 0) is 4.79 Å². The summed E-state index contributed by atoms with van der Waals surface area (Å²) in [6.45, 7) is 4.73. The maximum Gasteiger partial charge on any atom is 0.251 e. The van der Waals surface area contributed by atoms with Crippen molar-refractivity contribution in [1.29, 1.82) is 0 Å². The molecule has 0 saturated carbocycles. The molecule has 1 fully saturated rings. The average Bonchev–Trinajstić information content (AvgIpc) is 2.63. The number of pyridine rings is 1. The lowest BCUT2D eigenvalue weighted by molar-refractivity contribution is -0.127. The van der Waals surface area contributed by atoms with Crippen molar-refractivity contribution < 1.29 is 9.90 Å². The Morgan fingerprint density at radius 3 is 2.60 bits per heavy atom. The zero-order valence-electron chi connectivity index (χ0n) is 13.7. The van der Waals surface area contributed by atoms with E-state index in [2.05, 4.69) is 6.58 Å². The second kappa shape index (κ2) is 7.15. The van der Waals surface area contributed by atoms with Crippen LogP contribution >= 0.6 is 11.6 Å². The summed E-state index contributed by atoms with van der Waals surface area (Å²) in [4.78, 5) is 25.9. The lowest BCUT2D eigenvalue weighted by Gasteiger charge is -2.32. The largest absolute Gasteiger partial charge is 0.508 e. The monoisotopic (exact) mass is 358 g/mol. The van der Waals surface area contributed by atoms with E-state index < -0.39 is 0 Å². The zero-order chi connectivity index (χ0) is 18.0. The Bertz CT molecular complexity index is 867. The lowest BCUT2D eigenvalue weighted by atomic mass is 10.0. The van der Waals surface area contributed by atoms with E-state index in [-0.39, 0.29) is 23.3 Å². The van der Waals surface area contributed by atoms with E-state index in [1.807, 2.05) is 6.07 Å². The number of carbonyl (C=O) groups excluding carboxylic acids is 1. The highest BCUT2D eigenvalue weighted by Gasteiger charge is 2.23. The van der Waals surface area contributed by atoms with E-state index >= 15 is 0 Å². The average molecular weight is 359 g/mol. The van der Waals surface area contributed by atoms with Gasteiger partial charge in [-0.3, -0.25) is 9.59 Å². The van der Waals surface area contributed by atoms with Crippen LogP contribution in [0.1, 0.15) is 18.9 Å². The first-order valence-corrected chi connectivity index (χ1v) is 8.50. The van der Waals surface area contributed by atoms with Gasteiger partial charge in [0.1, 0.15) is 5.75 Å². The molecule has 5 nitrogen and oxygen atoms in total. The third-order valence-corrected chi connectivity index (χ3v) is 4.88. The zero-order valence-corrected chi connectivity index (χ0v) is 14.4. The number of amides is 1. The Hall–Kier alpha value is -2.53. The molecular weight excluding hydrogens is 340 g/mol. The van der Waals surface area contributed by atoms with Crippen LogP contribution in [0.25, 0.3) is 11.1 Å². The van der Waals surface area contributed by atoms with Crippen molar-refractivity contribution in [1.82, 2.24) is 9.47 Å². The van der Waals surface area contributed by atoms with Gasteiger partial charge in [0.05, 0.1) is 0 Å². The van der Waals surface area contributed by atoms with Gasteiger partial charge in [0.25, 0.3) is 5.56 Å². The molecule has 0 atom stereocenters. The Balaban J connectivity index is 1.82. The van der Waals surface area contributed by atoms with Gasteiger partial charge in [-0.05, 0) is 48.7 Å². The predicted octanol–water partition coefficient (Wildman–Crippen LogP) is 3.22. The molecule has 1 aliphatic rings. The van der Waals surface area contributed by atoms with Crippen molar-refractivity contribution in [3.8, 4) is 16.9 Å². The molecule has 1 aromatic carbocycles. The molecule has 0 unspecified atom stereocenters. The van der Waals surface area contributed by atoms with Gasteiger partial charge in [-0.25, -0.2) is 0 Å². The summed E-state index contributed by atoms with van der Waals surface area (Å²) in [5.41, 5.74) is 1.17. The molecule has 130 valence electrons. The minimum Gasteiger partial charge on any atom is -0.508 e. The van der Waals surface area contributed by atoms with Gasteiger partial charge in [-0.2, -0.15) is 0 Å². The second-order valence-corrected chi connectivity index (χ2v) is 6.49. The molecule has 0 spiro atoms. The first kappa shape index (κ1) is 17.3. The maximum absolute atomic E-state index is 12.5. The van der Waals surface area contributed by atoms with E-state index in [1.165, 1.54) is 18.2 Å². The number of hydrogen-bond acceptors (Lipinski definition) is 3. The topological polar surface area (TPSA) is 62.5 Å². The summed E-state index contributed by atoms with van der Waals surface area (Å²) in [7, 11) is 0. The summed E-state index contributed by atoms with van der Waals surface area (Å²) in [5, 5.41) is 10.1. The number of phenolic OH excluding ortho intramolecular Hbond substituents is 1. The number of aromatic hydroxyl groups is 1. The van der Waals surface area contributed by atoms with Crippen LogP contribution in [0, 0.1) is 0 Å². The number of benzene rings is 1. The smallest absolute Gasteiger partial charge is 0.251 e. The van der Waals surface area contributed by atoms with Crippen molar-refractivity contribution in [2.24, 2.45) is 0 Å². The number of piperidine rings is 1. The summed E-state index contributed by atoms with van der Waals surface area (Å²) >= 11 is 6.17. The number of aromatic nitrogens is 1. The highest BCUT2D eigenvalue weighted by atomic mass is 35.5. The number of nitrogens with zero attached hydrogens (tertiary/aromatic N) is 2. The predicted molar refractivity (Wildman–Crippen MR) is 97.9 cm³/mol. The van der Waals surface area contributed by atoms with Crippen LogP contribution in [0.2, 0.25) is 5.02 Å². The fraction of sp³-hybridized carbons (Fsp3) is 0.263. The van der Waals surface area contributed by atoms with Crippen molar-refractivity contribution in [2.45, 2.75) is 18.9 Å². The number of rotatable bonds is 3. The molecule has 6 heteroatoms. The second-order valence-electron chi connectivity index (χ2n) is 6.09. The molecule has 2 heterocycles. The third-order valence-electron chi connectivity index (χ3n) is 4.55. The summed E-state index contributed by atoms with van der Waals surface area (Å²) < 4.78 is 1.70. The quantitative estimate of drug-likeness (QED) is 0.857. The van der Waals surface area contributed by atoms with Crippen LogP contribution in [0.15, 0.2) is 54.0 Å². The minimum atomic E-state index is -0.120. The lowest BCUT2D eigenvalue weighted by Crippen LogP contribution is -2.39. The first-order valence-electron chi connectivity index (χ1n) is 8.12. The summed E-state index contributed by atoms with van der Waals surface area (Å²) in [5.74, 6) is 0.0301. The van der Waals surface area contributed by atoms with Gasteiger partial charge < -0.3 is 14.6 Å². The number of carbonyl (C=O) groups is 1. The Kier molecular flexibility index (Phi) is 4.95. The normalized spacial score (nSPS) is 15.2. The molecule has 3 rings (SSSR count). The SMILES string of the molecule is C=CC(=O)N1CCC(n2ccc(-c3cc(O)ccc3Cl)cc2=O)CC1. The van der Waals surface area contributed by atoms with E-state index in [4.69, 9.17) is 11.6 Å². The summed E-state index contributed by atoms with van der Waals surface area (Å²) in [6.07, 6.45) is 4.53. The highest BCUT2D eigenvalue weighted by molar-refractivity contribution is 6.33. The summed E-state index contributed by atoms with van der Waals surface area (Å²) in [6, 6.07) is 8.07. The van der Waals surface area contributed by atoms with Crippen LogP contribution in [0.3, 0.4) is 0 Å². The van der Waals surface area contributed by atoms with E-state index in [0.29, 0.717) is 29.2 Å². The highest BCUT2D eigenvalue weighted by Crippen LogP contribution is 2.30. The molecule has 1 saturated heterocycles. The van der Waals surface area contributed by atoms with E-state index in [9.17, 15) is 14.7 Å². The maximum atomic E-state index is 12.5. The van der Waals surface area contributed by atoms with Crippen LogP contribution < -0.4 is 5.56 Å². The van der Waals surface area contributed by atoms with Crippen molar-refractivity contribution in [2.75, 3.05) is 13.1 Å². The number of halogens is 1. The van der Waals surface area contributed by atoms with Gasteiger partial charge in [0.15, 0.2) is 0 Å². The molecule has 1 aromatic heterocycles. The van der Waals surface area contributed by atoms with Gasteiger partial charge in [0, 0.05) is 42.0 Å². The molecule has 0 bridgehead atoms. The van der Waals surface area contributed by atoms with Gasteiger partial charge >= 0.3 is 0 Å². The van der Waals surface area contributed by atoms with Crippen molar-refractivity contribution in [3.05, 3.63) is 64.6 Å². The Morgan fingerprint density at radius 1 is 1.24 bits per heavy atom. The van der Waals surface area contributed by atoms with Crippen molar-refractivity contribution in [3.63, 3.8) is 0 Å². The molecule has 1 aliphatic heterocycles. The molecule has 1 N–H and O–H groups in total. The fourth-order valence-electron chi connectivity index (χ4n) is 3.19. The molecular formula is C19H19ClN2O3. The Labute approximate surface area is 150 Å². The van der Waals surface area contributed by atoms with Crippen LogP contribution in [-0.4, -0.2) is 33.6 Å². The molecule has 2 aromatic rings. The molecule has 0 radical (unpaired) electrons. The minimum absolute atomic E-state index is 0.0649. The molecule has 0 aliphatic carbocycles. The number of phenols is 1. The Morgan fingerprint density at radius 2 is 1.96 bits per heavy atom. The number of hydrogen-bond donors (Lipinski definition) is 1.